The Morgan fingerprint density at radius 1 is 1.21 bits per heavy atom. The van der Waals surface area contributed by atoms with Crippen LogP contribution in [0, 0.1) is 0 Å². The second kappa shape index (κ2) is 4.19. The fourth-order valence-corrected chi connectivity index (χ4v) is 3.38. The van der Waals surface area contributed by atoms with E-state index in [1.54, 1.807) is 0 Å². The molecule has 0 spiro atoms. The highest BCUT2D eigenvalue weighted by Crippen LogP contribution is 2.37. The van der Waals surface area contributed by atoms with Gasteiger partial charge in [-0.2, -0.15) is 0 Å². The molecule has 2 rings (SSSR count). The van der Waals surface area contributed by atoms with E-state index < -0.39 is 0 Å². The molecule has 1 unspecified atom stereocenters. The summed E-state index contributed by atoms with van der Waals surface area (Å²) >= 11 is 0. The Morgan fingerprint density at radius 3 is 2.43 bits per heavy atom. The van der Waals surface area contributed by atoms with Gasteiger partial charge in [-0.05, 0) is 39.2 Å². The topological polar surface area (TPSA) is 23.5 Å². The highest BCUT2D eigenvalue weighted by atomic mass is 16.3. The maximum Gasteiger partial charge on any atom is 0.0615 e. The average Bonchev–Trinajstić information content (AvgIpc) is 2.66. The maximum absolute atomic E-state index is 9.68. The van der Waals surface area contributed by atoms with Crippen molar-refractivity contribution in [2.45, 2.75) is 63.5 Å². The van der Waals surface area contributed by atoms with Gasteiger partial charge in [0.05, 0.1) is 6.61 Å². The summed E-state index contributed by atoms with van der Waals surface area (Å²) in [6.45, 7) is 3.90. The molecule has 0 bridgehead atoms. The molecule has 0 radical (unpaired) electrons. The summed E-state index contributed by atoms with van der Waals surface area (Å²) < 4.78 is 0. The van der Waals surface area contributed by atoms with Crippen LogP contribution in [0.5, 0.6) is 0 Å². The predicted octanol–water partition coefficient (Wildman–Crippen LogP) is 2.17. The Morgan fingerprint density at radius 2 is 1.93 bits per heavy atom. The first-order valence-electron chi connectivity index (χ1n) is 6.16. The van der Waals surface area contributed by atoms with E-state index in [-0.39, 0.29) is 5.54 Å². The molecular formula is C12H23NO. The van der Waals surface area contributed by atoms with Crippen LogP contribution in [0.2, 0.25) is 0 Å². The van der Waals surface area contributed by atoms with Gasteiger partial charge in [0.1, 0.15) is 0 Å². The molecular weight excluding hydrogens is 174 g/mol. The highest BCUT2D eigenvalue weighted by Gasteiger charge is 2.41. The lowest BCUT2D eigenvalue weighted by Gasteiger charge is -2.45. The van der Waals surface area contributed by atoms with Gasteiger partial charge in [-0.3, -0.25) is 4.90 Å². The van der Waals surface area contributed by atoms with Crippen LogP contribution in [0.3, 0.4) is 0 Å². The lowest BCUT2D eigenvalue weighted by Crippen LogP contribution is -2.54. The van der Waals surface area contributed by atoms with E-state index in [1.807, 2.05) is 0 Å². The number of aliphatic hydroxyl groups excluding tert-OH is 1. The van der Waals surface area contributed by atoms with E-state index in [0.717, 1.165) is 0 Å². The smallest absolute Gasteiger partial charge is 0.0615 e. The summed E-state index contributed by atoms with van der Waals surface area (Å²) in [4.78, 5) is 2.59. The Balaban J connectivity index is 2.09. The Bertz CT molecular complexity index is 187. The zero-order valence-electron chi connectivity index (χ0n) is 9.34. The summed E-state index contributed by atoms with van der Waals surface area (Å²) in [6, 6.07) is 0.695. The van der Waals surface area contributed by atoms with Crippen LogP contribution in [0.15, 0.2) is 0 Å². The number of hydrogen-bond acceptors (Lipinski definition) is 2. The minimum atomic E-state index is 0.161. The van der Waals surface area contributed by atoms with Crippen molar-refractivity contribution in [1.82, 2.24) is 4.90 Å². The molecule has 1 atom stereocenters. The van der Waals surface area contributed by atoms with E-state index in [2.05, 4.69) is 11.8 Å². The molecule has 2 fully saturated rings. The van der Waals surface area contributed by atoms with Gasteiger partial charge in [-0.1, -0.05) is 19.3 Å². The van der Waals surface area contributed by atoms with Crippen molar-refractivity contribution in [1.29, 1.82) is 0 Å². The second-order valence-corrected chi connectivity index (χ2v) is 5.13. The van der Waals surface area contributed by atoms with E-state index in [0.29, 0.717) is 12.6 Å². The zero-order chi connectivity index (χ0) is 10.0. The molecule has 0 amide bonds. The fourth-order valence-electron chi connectivity index (χ4n) is 3.38. The zero-order valence-corrected chi connectivity index (χ0v) is 9.34. The van der Waals surface area contributed by atoms with Gasteiger partial charge in [0.2, 0.25) is 0 Å². The van der Waals surface area contributed by atoms with Crippen LogP contribution < -0.4 is 0 Å². The van der Waals surface area contributed by atoms with Gasteiger partial charge in [-0.15, -0.1) is 0 Å². The lowest BCUT2D eigenvalue weighted by molar-refractivity contribution is -0.00382. The van der Waals surface area contributed by atoms with Crippen molar-refractivity contribution in [3.63, 3.8) is 0 Å². The number of likely N-dealkylation sites (tertiary alicyclic amines) is 1. The normalized spacial score (nSPS) is 33.4. The maximum atomic E-state index is 9.68. The first-order chi connectivity index (χ1) is 6.78. The third-order valence-corrected chi connectivity index (χ3v) is 4.24. The first-order valence-corrected chi connectivity index (χ1v) is 6.16. The average molecular weight is 197 g/mol. The van der Waals surface area contributed by atoms with Gasteiger partial charge in [0, 0.05) is 11.6 Å². The van der Waals surface area contributed by atoms with Gasteiger partial charge in [0.25, 0.3) is 0 Å². The van der Waals surface area contributed by atoms with Crippen LogP contribution in [0.4, 0.5) is 0 Å². The first kappa shape index (κ1) is 10.4. The SMILES string of the molecule is CC1CCCN1C1(CO)CCCCC1. The van der Waals surface area contributed by atoms with Crippen LogP contribution in [-0.4, -0.2) is 34.7 Å². The predicted molar refractivity (Wildman–Crippen MR) is 58.3 cm³/mol. The number of nitrogens with zero attached hydrogens (tertiary/aromatic N) is 1. The molecule has 0 aromatic rings. The van der Waals surface area contributed by atoms with Crippen LogP contribution in [0.1, 0.15) is 51.9 Å². The molecule has 1 heterocycles. The summed E-state index contributed by atoms with van der Waals surface area (Å²) in [7, 11) is 0. The van der Waals surface area contributed by atoms with Crippen molar-refractivity contribution >= 4 is 0 Å². The molecule has 2 heteroatoms. The van der Waals surface area contributed by atoms with Crippen LogP contribution in [-0.2, 0) is 0 Å². The minimum Gasteiger partial charge on any atom is -0.394 e. The number of aliphatic hydroxyl groups is 1. The summed E-state index contributed by atoms with van der Waals surface area (Å²) in [6.07, 6.45) is 9.06. The number of rotatable bonds is 2. The van der Waals surface area contributed by atoms with Gasteiger partial charge in [-0.25, -0.2) is 0 Å². The van der Waals surface area contributed by atoms with Crippen molar-refractivity contribution in [2.24, 2.45) is 0 Å². The molecule has 0 aromatic carbocycles. The van der Waals surface area contributed by atoms with Crippen molar-refractivity contribution in [2.75, 3.05) is 13.2 Å². The van der Waals surface area contributed by atoms with E-state index in [1.165, 1.54) is 51.5 Å². The summed E-state index contributed by atoms with van der Waals surface area (Å²) in [5, 5.41) is 9.68. The highest BCUT2D eigenvalue weighted by molar-refractivity contribution is 4.97. The summed E-state index contributed by atoms with van der Waals surface area (Å²) in [5.74, 6) is 0. The monoisotopic (exact) mass is 197 g/mol. The third-order valence-electron chi connectivity index (χ3n) is 4.24. The van der Waals surface area contributed by atoms with Crippen molar-refractivity contribution < 1.29 is 5.11 Å². The van der Waals surface area contributed by atoms with E-state index in [4.69, 9.17) is 0 Å². The van der Waals surface area contributed by atoms with Crippen LogP contribution in [0.25, 0.3) is 0 Å². The lowest BCUT2D eigenvalue weighted by atomic mass is 9.80. The molecule has 1 N–H and O–H groups in total. The van der Waals surface area contributed by atoms with Gasteiger partial charge in [0.15, 0.2) is 0 Å². The Labute approximate surface area is 87.3 Å². The van der Waals surface area contributed by atoms with Crippen LogP contribution >= 0.6 is 0 Å². The molecule has 0 aromatic heterocycles. The third kappa shape index (κ3) is 1.70. The Hall–Kier alpha value is -0.0800. The molecule has 1 aliphatic carbocycles. The minimum absolute atomic E-state index is 0.161. The van der Waals surface area contributed by atoms with Crippen molar-refractivity contribution in [3.8, 4) is 0 Å². The quantitative estimate of drug-likeness (QED) is 0.733. The molecule has 1 aliphatic heterocycles. The largest absolute Gasteiger partial charge is 0.394 e. The molecule has 1 saturated heterocycles. The molecule has 82 valence electrons. The molecule has 2 aliphatic rings. The molecule has 1 saturated carbocycles. The molecule has 2 nitrogen and oxygen atoms in total. The van der Waals surface area contributed by atoms with E-state index in [9.17, 15) is 5.11 Å². The fraction of sp³-hybridized carbons (Fsp3) is 1.00. The second-order valence-electron chi connectivity index (χ2n) is 5.13. The van der Waals surface area contributed by atoms with E-state index >= 15 is 0 Å². The number of hydrogen-bond donors (Lipinski definition) is 1. The van der Waals surface area contributed by atoms with Crippen molar-refractivity contribution in [3.05, 3.63) is 0 Å². The standard InChI is InChI=1S/C12H23NO/c1-11-6-5-9-13(11)12(10-14)7-3-2-4-8-12/h11,14H,2-10H2,1H3. The van der Waals surface area contributed by atoms with Gasteiger partial charge < -0.3 is 5.11 Å². The summed E-state index contributed by atoms with van der Waals surface area (Å²) in [5.41, 5.74) is 0.161. The Kier molecular flexibility index (Phi) is 3.13. The molecule has 14 heavy (non-hydrogen) atoms. The van der Waals surface area contributed by atoms with Gasteiger partial charge >= 0.3 is 0 Å².